The van der Waals surface area contributed by atoms with E-state index in [0.717, 1.165) is 0 Å². The van der Waals surface area contributed by atoms with Crippen molar-refractivity contribution in [2.45, 2.75) is 28.0 Å². The molecule has 0 bridgehead atoms. The first-order valence-electron chi connectivity index (χ1n) is 8.41. The molecule has 1 heteroatoms. The van der Waals surface area contributed by atoms with Crippen LogP contribution in [0.1, 0.15) is 47.6 Å². The maximum atomic E-state index is 2.60. The van der Waals surface area contributed by atoms with Gasteiger partial charge in [0.05, 0.1) is 0 Å². The van der Waals surface area contributed by atoms with Gasteiger partial charge in [-0.15, -0.1) is 0 Å². The van der Waals surface area contributed by atoms with Crippen LogP contribution in [0.5, 0.6) is 0 Å². The van der Waals surface area contributed by atoms with Gasteiger partial charge in [0.1, 0.15) is 0 Å². The predicted molar refractivity (Wildman–Crippen MR) is 97.6 cm³/mol. The third-order valence-corrected chi connectivity index (χ3v) is 12.8. The fourth-order valence-corrected chi connectivity index (χ4v) is 11.2. The Morgan fingerprint density at radius 1 is 0.783 bits per heavy atom. The molecule has 2 aliphatic rings. The van der Waals surface area contributed by atoms with Gasteiger partial charge in [-0.25, -0.2) is 0 Å². The second-order valence-electron chi connectivity index (χ2n) is 6.73. The second-order valence-corrected chi connectivity index (χ2v) is 13.7. The molecule has 2 aromatic carbocycles. The van der Waals surface area contributed by atoms with E-state index in [9.17, 15) is 0 Å². The summed E-state index contributed by atoms with van der Waals surface area (Å²) in [5.41, 5.74) is 8.79. The third kappa shape index (κ3) is 2.60. The van der Waals surface area contributed by atoms with E-state index in [1.54, 1.807) is 11.1 Å². The average molecular weight is 378 g/mol. The van der Waals surface area contributed by atoms with Crippen molar-refractivity contribution in [2.24, 2.45) is 0 Å². The number of hydrogen-bond acceptors (Lipinski definition) is 0. The Kier molecular flexibility index (Phi) is 3.94. The minimum absolute atomic E-state index is 0.679. The average Bonchev–Trinajstić information content (AvgIpc) is 3.13. The van der Waals surface area contributed by atoms with Crippen molar-refractivity contribution in [1.29, 1.82) is 0 Å². The van der Waals surface area contributed by atoms with E-state index >= 15 is 0 Å². The third-order valence-electron chi connectivity index (χ3n) is 5.14. The summed E-state index contributed by atoms with van der Waals surface area (Å²) in [7, 11) is 0. The van der Waals surface area contributed by atoms with Crippen molar-refractivity contribution in [3.63, 3.8) is 0 Å². The molecule has 0 saturated heterocycles. The molecule has 0 N–H and O–H groups in total. The predicted octanol–water partition coefficient (Wildman–Crippen LogP) is 5.58. The molecule has 0 aromatic heterocycles. The van der Waals surface area contributed by atoms with Gasteiger partial charge in [0, 0.05) is 0 Å². The summed E-state index contributed by atoms with van der Waals surface area (Å²) in [6.07, 6.45) is 9.67. The van der Waals surface area contributed by atoms with E-state index in [1.165, 1.54) is 22.3 Å². The maximum absolute atomic E-state index is 2.60. The van der Waals surface area contributed by atoms with E-state index < -0.39 is 21.3 Å². The van der Waals surface area contributed by atoms with Crippen LogP contribution in [0.15, 0.2) is 48.6 Å². The first-order valence-corrected chi connectivity index (χ1v) is 12.7. The normalized spacial score (nSPS) is 20.5. The molecule has 114 valence electrons. The standard InChI is InChI=1S/2C10H9.C2H4.Zr/c2*1-8-5-6-9-3-2-4-10(9)7-8;1-2;/h2*2-7H,1H3;1H,2H3;. The Balaban J connectivity index is 1.77. The Bertz CT molecular complexity index is 798. The fraction of sp³-hybridized carbons (Fsp3) is 0.227. The summed E-state index contributed by atoms with van der Waals surface area (Å²) in [4.78, 5) is 0. The molecule has 2 aliphatic carbocycles. The topological polar surface area (TPSA) is 0 Å². The monoisotopic (exact) mass is 376 g/mol. The molecular weight excluding hydrogens is 355 g/mol. The first kappa shape index (κ1) is 15.2. The van der Waals surface area contributed by atoms with E-state index in [0.29, 0.717) is 7.25 Å². The van der Waals surface area contributed by atoms with Crippen LogP contribution >= 0.6 is 0 Å². The van der Waals surface area contributed by atoms with Crippen LogP contribution in [0, 0.1) is 13.8 Å². The molecular formula is C22H22Zr. The van der Waals surface area contributed by atoms with Crippen molar-refractivity contribution >= 4 is 15.9 Å². The molecule has 2 unspecified atom stereocenters. The summed E-state index contributed by atoms with van der Waals surface area (Å²) in [6, 6.07) is 13.9. The summed E-state index contributed by atoms with van der Waals surface area (Å²) in [5, 5.41) is 0. The van der Waals surface area contributed by atoms with E-state index in [2.05, 4.69) is 85.2 Å². The van der Waals surface area contributed by atoms with Crippen LogP contribution in [0.4, 0.5) is 0 Å². The molecule has 2 aromatic rings. The van der Waals surface area contributed by atoms with Crippen LogP contribution in [-0.2, 0) is 21.3 Å². The molecule has 0 aliphatic heterocycles. The minimum atomic E-state index is -1.81. The molecule has 2 atom stereocenters. The first-order chi connectivity index (χ1) is 11.2. The number of fused-ring (bicyclic) bond motifs is 2. The van der Waals surface area contributed by atoms with Crippen molar-refractivity contribution in [1.82, 2.24) is 0 Å². The second kappa shape index (κ2) is 5.95. The molecule has 23 heavy (non-hydrogen) atoms. The van der Waals surface area contributed by atoms with Gasteiger partial charge in [0.15, 0.2) is 0 Å². The number of hydrogen-bond donors (Lipinski definition) is 0. The van der Waals surface area contributed by atoms with E-state index in [4.69, 9.17) is 0 Å². The molecule has 0 fully saturated rings. The van der Waals surface area contributed by atoms with E-state index in [1.807, 2.05) is 0 Å². The molecule has 0 radical (unpaired) electrons. The van der Waals surface area contributed by atoms with Crippen LogP contribution in [0.2, 0.25) is 0 Å². The van der Waals surface area contributed by atoms with Gasteiger partial charge < -0.3 is 0 Å². The van der Waals surface area contributed by atoms with Crippen LogP contribution in [0.25, 0.3) is 12.2 Å². The zero-order valence-electron chi connectivity index (χ0n) is 14.0. The summed E-state index contributed by atoms with van der Waals surface area (Å²) in [5.74, 6) is 0. The Morgan fingerprint density at radius 2 is 1.26 bits per heavy atom. The van der Waals surface area contributed by atoms with Gasteiger partial charge in [0.25, 0.3) is 0 Å². The molecule has 0 amide bonds. The van der Waals surface area contributed by atoms with Gasteiger partial charge in [-0.2, -0.15) is 0 Å². The Labute approximate surface area is 146 Å². The van der Waals surface area contributed by atoms with Crippen molar-refractivity contribution in [2.75, 3.05) is 0 Å². The van der Waals surface area contributed by atoms with Crippen molar-refractivity contribution in [3.8, 4) is 0 Å². The van der Waals surface area contributed by atoms with Gasteiger partial charge in [-0.05, 0) is 0 Å². The summed E-state index contributed by atoms with van der Waals surface area (Å²) >= 11 is -1.81. The zero-order valence-corrected chi connectivity index (χ0v) is 16.5. The zero-order chi connectivity index (χ0) is 16.0. The number of allylic oxidation sites excluding steroid dienone is 2. The number of rotatable bonds is 2. The van der Waals surface area contributed by atoms with Gasteiger partial charge in [0.2, 0.25) is 0 Å². The van der Waals surface area contributed by atoms with Gasteiger partial charge >= 0.3 is 147 Å². The quantitative estimate of drug-likeness (QED) is 0.641. The molecule has 0 saturated carbocycles. The fourth-order valence-electron chi connectivity index (χ4n) is 3.97. The van der Waals surface area contributed by atoms with E-state index in [-0.39, 0.29) is 0 Å². The van der Waals surface area contributed by atoms with Crippen molar-refractivity contribution < 1.29 is 21.3 Å². The number of benzene rings is 2. The van der Waals surface area contributed by atoms with Gasteiger partial charge in [-0.3, -0.25) is 0 Å². The van der Waals surface area contributed by atoms with Gasteiger partial charge in [-0.1, -0.05) is 0 Å². The SMILES string of the molecule is C[CH]=[Zr]([CH]1C=Cc2ccc(C)cc21)[CH]1C=Cc2ccc(C)cc21. The number of aryl methyl sites for hydroxylation is 2. The Morgan fingerprint density at radius 3 is 1.70 bits per heavy atom. The van der Waals surface area contributed by atoms with Crippen LogP contribution in [-0.4, -0.2) is 3.71 Å². The van der Waals surface area contributed by atoms with Crippen LogP contribution in [0.3, 0.4) is 0 Å². The molecule has 0 spiro atoms. The summed E-state index contributed by atoms with van der Waals surface area (Å²) in [6.45, 7) is 6.73. The molecule has 0 heterocycles. The van der Waals surface area contributed by atoms with Crippen LogP contribution < -0.4 is 0 Å². The van der Waals surface area contributed by atoms with Crippen molar-refractivity contribution in [3.05, 3.63) is 81.9 Å². The Hall–Kier alpha value is -1.33. The summed E-state index contributed by atoms with van der Waals surface area (Å²) < 4.78 is 3.96. The molecule has 4 rings (SSSR count). The molecule has 0 nitrogen and oxygen atoms in total.